The molecule has 0 radical (unpaired) electrons. The Morgan fingerprint density at radius 3 is 2.75 bits per heavy atom. The van der Waals surface area contributed by atoms with Crippen LogP contribution < -0.4 is 3.53 Å². The maximum Gasteiger partial charge on any atom is 0.505 e. The molecule has 0 rings (SSSR count). The fourth-order valence-corrected chi connectivity index (χ4v) is 2.73. The Morgan fingerprint density at radius 1 is 1.50 bits per heavy atom. The first-order valence-electron chi connectivity index (χ1n) is 3.21. The molecule has 0 saturated heterocycles. The summed E-state index contributed by atoms with van der Waals surface area (Å²) in [5, 5.41) is 8.10. The second-order valence-electron chi connectivity index (χ2n) is 1.64. The Labute approximate surface area is 93.1 Å². The zero-order valence-electron chi connectivity index (χ0n) is 6.29. The SMILES string of the molecule is O=C(O)OCCSSCCNI. The summed E-state index contributed by atoms with van der Waals surface area (Å²) in [5.41, 5.74) is 0. The third-order valence-electron chi connectivity index (χ3n) is 0.755. The summed E-state index contributed by atoms with van der Waals surface area (Å²) in [6, 6.07) is 0. The van der Waals surface area contributed by atoms with Crippen molar-refractivity contribution in [3.05, 3.63) is 0 Å². The van der Waals surface area contributed by atoms with Crippen LogP contribution in [0.2, 0.25) is 0 Å². The predicted molar refractivity (Wildman–Crippen MR) is 60.9 cm³/mol. The number of hydrogen-bond acceptors (Lipinski definition) is 5. The van der Waals surface area contributed by atoms with Gasteiger partial charge in [-0.3, -0.25) is 3.53 Å². The summed E-state index contributed by atoms with van der Waals surface area (Å²) in [6.07, 6.45) is -1.20. The molecular weight excluding hydrogens is 313 g/mol. The van der Waals surface area contributed by atoms with Gasteiger partial charge in [0.25, 0.3) is 0 Å². The lowest BCUT2D eigenvalue weighted by Crippen LogP contribution is -2.04. The first kappa shape index (κ1) is 12.7. The van der Waals surface area contributed by atoms with E-state index in [4.69, 9.17) is 5.11 Å². The van der Waals surface area contributed by atoms with Crippen LogP contribution in [0.3, 0.4) is 0 Å². The number of rotatable bonds is 7. The third kappa shape index (κ3) is 10.7. The molecule has 4 nitrogen and oxygen atoms in total. The largest absolute Gasteiger partial charge is 0.505 e. The van der Waals surface area contributed by atoms with Gasteiger partial charge in [-0.25, -0.2) is 4.79 Å². The van der Waals surface area contributed by atoms with Crippen LogP contribution in [0.25, 0.3) is 0 Å². The average Bonchev–Trinajstić information content (AvgIpc) is 2.02. The summed E-state index contributed by atoms with van der Waals surface area (Å²) >= 11 is 2.09. The highest BCUT2D eigenvalue weighted by Gasteiger charge is 1.95. The van der Waals surface area contributed by atoms with Gasteiger partial charge < -0.3 is 9.84 Å². The van der Waals surface area contributed by atoms with Gasteiger partial charge in [0.2, 0.25) is 0 Å². The van der Waals surface area contributed by atoms with Crippen molar-refractivity contribution in [2.75, 3.05) is 24.7 Å². The van der Waals surface area contributed by atoms with Crippen molar-refractivity contribution in [1.82, 2.24) is 3.53 Å². The molecule has 7 heteroatoms. The number of halogens is 1. The van der Waals surface area contributed by atoms with E-state index < -0.39 is 6.16 Å². The summed E-state index contributed by atoms with van der Waals surface area (Å²) in [6.45, 7) is 1.22. The number of carboxylic acid groups (broad SMARTS) is 1. The zero-order chi connectivity index (χ0) is 9.23. The molecule has 0 spiro atoms. The Bertz CT molecular complexity index is 127. The van der Waals surface area contributed by atoms with Crippen molar-refractivity contribution >= 4 is 50.6 Å². The molecule has 0 amide bonds. The summed E-state index contributed by atoms with van der Waals surface area (Å²) in [7, 11) is 3.33. The van der Waals surface area contributed by atoms with Crippen LogP contribution >= 0.6 is 44.5 Å². The topological polar surface area (TPSA) is 58.6 Å². The molecule has 0 aliphatic carbocycles. The van der Waals surface area contributed by atoms with E-state index in [1.807, 2.05) is 0 Å². The minimum absolute atomic E-state index is 0.269. The summed E-state index contributed by atoms with van der Waals surface area (Å²) in [5.74, 6) is 1.72. The quantitative estimate of drug-likeness (QED) is 0.246. The van der Waals surface area contributed by atoms with E-state index in [0.717, 1.165) is 12.3 Å². The highest BCUT2D eigenvalue weighted by molar-refractivity contribution is 14.1. The number of nitrogens with one attached hydrogen (secondary N) is 1. The highest BCUT2D eigenvalue weighted by Crippen LogP contribution is 2.19. The highest BCUT2D eigenvalue weighted by atomic mass is 127. The van der Waals surface area contributed by atoms with Crippen molar-refractivity contribution in [1.29, 1.82) is 0 Å². The van der Waals surface area contributed by atoms with Crippen LogP contribution in [0.1, 0.15) is 0 Å². The second-order valence-corrected chi connectivity index (χ2v) is 5.11. The van der Waals surface area contributed by atoms with E-state index in [1.54, 1.807) is 21.6 Å². The molecule has 0 saturated carbocycles. The maximum absolute atomic E-state index is 9.89. The van der Waals surface area contributed by atoms with Crippen molar-refractivity contribution in [2.45, 2.75) is 0 Å². The Kier molecular flexibility index (Phi) is 10.3. The maximum atomic E-state index is 9.89. The fraction of sp³-hybridized carbons (Fsp3) is 0.800. The molecule has 2 N–H and O–H groups in total. The van der Waals surface area contributed by atoms with Crippen LogP contribution in [0.4, 0.5) is 4.79 Å². The average molecular weight is 323 g/mol. The predicted octanol–water partition coefficient (Wildman–Crippen LogP) is 2.00. The lowest BCUT2D eigenvalue weighted by Gasteiger charge is -1.99. The molecule has 0 unspecified atom stereocenters. The van der Waals surface area contributed by atoms with Gasteiger partial charge in [0.1, 0.15) is 6.61 Å². The van der Waals surface area contributed by atoms with E-state index in [9.17, 15) is 4.79 Å². The smallest absolute Gasteiger partial charge is 0.450 e. The molecule has 0 fully saturated rings. The van der Waals surface area contributed by atoms with Crippen molar-refractivity contribution in [3.63, 3.8) is 0 Å². The minimum Gasteiger partial charge on any atom is -0.450 e. The van der Waals surface area contributed by atoms with E-state index in [0.29, 0.717) is 5.75 Å². The number of carbonyl (C=O) groups is 1. The fourth-order valence-electron chi connectivity index (χ4n) is 0.361. The number of ether oxygens (including phenoxy) is 1. The van der Waals surface area contributed by atoms with Gasteiger partial charge in [-0.2, -0.15) is 0 Å². The van der Waals surface area contributed by atoms with Crippen LogP contribution in [0.5, 0.6) is 0 Å². The van der Waals surface area contributed by atoms with E-state index in [2.05, 4.69) is 31.1 Å². The van der Waals surface area contributed by atoms with Gasteiger partial charge in [0, 0.05) is 40.9 Å². The molecular formula is C5H10INO3S2. The monoisotopic (exact) mass is 323 g/mol. The van der Waals surface area contributed by atoms with E-state index in [-0.39, 0.29) is 6.61 Å². The lowest BCUT2D eigenvalue weighted by molar-refractivity contribution is 0.0975. The van der Waals surface area contributed by atoms with Crippen molar-refractivity contribution in [3.8, 4) is 0 Å². The van der Waals surface area contributed by atoms with Crippen molar-refractivity contribution in [2.24, 2.45) is 0 Å². The standard InChI is InChI=1S/C5H10INO3S2/c6-7-1-3-11-12-4-2-10-5(8)9/h7H,1-4H2,(H,8,9). The van der Waals surface area contributed by atoms with Gasteiger partial charge >= 0.3 is 6.16 Å². The third-order valence-corrected chi connectivity index (χ3v) is 3.67. The molecule has 0 bridgehead atoms. The molecule has 0 aromatic rings. The van der Waals surface area contributed by atoms with E-state index >= 15 is 0 Å². The minimum atomic E-state index is -1.20. The molecule has 12 heavy (non-hydrogen) atoms. The molecule has 0 atom stereocenters. The summed E-state index contributed by atoms with van der Waals surface area (Å²) < 4.78 is 7.30. The van der Waals surface area contributed by atoms with Gasteiger partial charge in [-0.05, 0) is 0 Å². The Balaban J connectivity index is 2.86. The summed E-state index contributed by atoms with van der Waals surface area (Å²) in [4.78, 5) is 9.89. The van der Waals surface area contributed by atoms with Crippen LogP contribution in [-0.2, 0) is 4.74 Å². The molecule has 0 aliphatic rings. The Morgan fingerprint density at radius 2 is 2.17 bits per heavy atom. The molecule has 0 aliphatic heterocycles. The zero-order valence-corrected chi connectivity index (χ0v) is 10.1. The number of hydrogen-bond donors (Lipinski definition) is 2. The van der Waals surface area contributed by atoms with Gasteiger partial charge in [0.15, 0.2) is 0 Å². The molecule has 0 aromatic heterocycles. The molecule has 72 valence electrons. The molecule has 0 aromatic carbocycles. The van der Waals surface area contributed by atoms with Gasteiger partial charge in [-0.1, -0.05) is 21.6 Å². The van der Waals surface area contributed by atoms with Crippen molar-refractivity contribution < 1.29 is 14.6 Å². The van der Waals surface area contributed by atoms with Gasteiger partial charge in [-0.15, -0.1) is 0 Å². The van der Waals surface area contributed by atoms with Crippen LogP contribution in [-0.4, -0.2) is 35.9 Å². The lowest BCUT2D eigenvalue weighted by atomic mass is 10.8. The Hall–Kier alpha value is 0.660. The second kappa shape index (κ2) is 9.75. The normalized spacial score (nSPS) is 9.75. The first-order valence-corrected chi connectivity index (χ1v) is 6.77. The molecule has 0 heterocycles. The first-order chi connectivity index (χ1) is 5.77. The van der Waals surface area contributed by atoms with E-state index in [1.165, 1.54) is 0 Å². The van der Waals surface area contributed by atoms with Gasteiger partial charge in [0.05, 0.1) is 0 Å². The van der Waals surface area contributed by atoms with Crippen LogP contribution in [0.15, 0.2) is 0 Å². The van der Waals surface area contributed by atoms with Crippen LogP contribution in [0, 0.1) is 0 Å².